The van der Waals surface area contributed by atoms with Gasteiger partial charge >= 0.3 is 0 Å². The minimum atomic E-state index is 0.203. The van der Waals surface area contributed by atoms with Gasteiger partial charge in [-0.1, -0.05) is 23.8 Å². The average Bonchev–Trinajstić information content (AvgIpc) is 3.05. The Morgan fingerprint density at radius 1 is 1.28 bits per heavy atom. The smallest absolute Gasteiger partial charge is 0.224 e. The van der Waals surface area contributed by atoms with Gasteiger partial charge in [-0.3, -0.25) is 0 Å². The molecule has 5 heteroatoms. The fourth-order valence-electron chi connectivity index (χ4n) is 5.83. The molecule has 1 aromatic carbocycles. The number of hydrogen-bond acceptors (Lipinski definition) is 4. The van der Waals surface area contributed by atoms with Crippen LogP contribution in [0.3, 0.4) is 0 Å². The van der Waals surface area contributed by atoms with E-state index in [0.29, 0.717) is 17.6 Å². The second kappa shape index (κ2) is 7.29. The summed E-state index contributed by atoms with van der Waals surface area (Å²) in [5.41, 5.74) is 7.02. The Morgan fingerprint density at radius 2 is 2.14 bits per heavy atom. The quantitative estimate of drug-likeness (QED) is 0.662. The summed E-state index contributed by atoms with van der Waals surface area (Å²) in [7, 11) is 0. The third-order valence-corrected chi connectivity index (χ3v) is 7.48. The lowest BCUT2D eigenvalue weighted by molar-refractivity contribution is 0.361. The van der Waals surface area contributed by atoms with Gasteiger partial charge in [0.1, 0.15) is 5.82 Å². The van der Waals surface area contributed by atoms with Crippen molar-refractivity contribution in [2.45, 2.75) is 63.7 Å². The fraction of sp³-hybridized carbons (Fsp3) is 0.542. The molecule has 0 N–H and O–H groups in total. The van der Waals surface area contributed by atoms with Gasteiger partial charge < -0.3 is 4.90 Å². The van der Waals surface area contributed by atoms with Gasteiger partial charge in [0.2, 0.25) is 5.28 Å². The van der Waals surface area contributed by atoms with E-state index in [4.69, 9.17) is 21.8 Å². The minimum absolute atomic E-state index is 0.203. The molecular formula is C24H27ClN4. The van der Waals surface area contributed by atoms with Crippen LogP contribution in [0, 0.1) is 24.2 Å². The van der Waals surface area contributed by atoms with Gasteiger partial charge in [-0.25, -0.2) is 9.97 Å². The monoisotopic (exact) mass is 406 g/mol. The molecule has 1 unspecified atom stereocenters. The Balaban J connectivity index is 1.49. The van der Waals surface area contributed by atoms with Crippen molar-refractivity contribution in [2.75, 3.05) is 18.0 Å². The van der Waals surface area contributed by atoms with E-state index in [1.807, 2.05) is 0 Å². The number of aryl methyl sites for hydroxylation is 2. The Kier molecular flexibility index (Phi) is 4.75. The number of anilines is 1. The number of aromatic nitrogens is 2. The first-order valence-electron chi connectivity index (χ1n) is 10.9. The van der Waals surface area contributed by atoms with Crippen LogP contribution >= 0.6 is 11.6 Å². The van der Waals surface area contributed by atoms with Crippen LogP contribution in [0.5, 0.6) is 0 Å². The summed E-state index contributed by atoms with van der Waals surface area (Å²) < 4.78 is 0. The molecule has 3 aliphatic rings. The van der Waals surface area contributed by atoms with Crippen LogP contribution in [0.1, 0.15) is 60.1 Å². The molecule has 1 saturated heterocycles. The molecule has 5 rings (SSSR count). The predicted octanol–water partition coefficient (Wildman–Crippen LogP) is 4.94. The van der Waals surface area contributed by atoms with Crippen molar-refractivity contribution >= 4 is 17.4 Å². The lowest BCUT2D eigenvalue weighted by atomic mass is 9.69. The van der Waals surface area contributed by atoms with Crippen LogP contribution < -0.4 is 4.90 Å². The highest BCUT2D eigenvalue weighted by molar-refractivity contribution is 6.28. The molecule has 1 fully saturated rings. The first kappa shape index (κ1) is 18.9. The lowest BCUT2D eigenvalue weighted by Gasteiger charge is -2.39. The van der Waals surface area contributed by atoms with Crippen LogP contribution in [0.4, 0.5) is 5.82 Å². The topological polar surface area (TPSA) is 52.8 Å². The van der Waals surface area contributed by atoms with Gasteiger partial charge in [0, 0.05) is 30.5 Å². The largest absolute Gasteiger partial charge is 0.356 e. The third-order valence-electron chi connectivity index (χ3n) is 7.31. The zero-order valence-corrected chi connectivity index (χ0v) is 17.8. The molecule has 1 aliphatic heterocycles. The predicted molar refractivity (Wildman–Crippen MR) is 115 cm³/mol. The molecule has 4 nitrogen and oxygen atoms in total. The standard InChI is InChI=1S/C24H27ClN4/c1-16-4-5-18-6-9-24(20(18)13-16)10-7-19-21(14-24)27-23(25)28-22(19)29-12-2-3-17(15-29)8-11-26/h4-5,13,17H,2-3,6-10,12,14-15H2,1H3/t17-,24?/m0/s1. The van der Waals surface area contributed by atoms with E-state index >= 15 is 0 Å². The first-order chi connectivity index (χ1) is 14.1. The van der Waals surface area contributed by atoms with E-state index in [-0.39, 0.29) is 5.41 Å². The number of piperidine rings is 1. The Morgan fingerprint density at radius 3 is 3.00 bits per heavy atom. The zero-order chi connectivity index (χ0) is 20.0. The van der Waals surface area contributed by atoms with Gasteiger partial charge in [-0.15, -0.1) is 0 Å². The highest BCUT2D eigenvalue weighted by Crippen LogP contribution is 2.49. The van der Waals surface area contributed by atoms with Crippen molar-refractivity contribution in [3.8, 4) is 6.07 Å². The van der Waals surface area contributed by atoms with Crippen molar-refractivity contribution in [1.82, 2.24) is 9.97 Å². The average molecular weight is 407 g/mol. The highest BCUT2D eigenvalue weighted by Gasteiger charge is 2.43. The SMILES string of the molecule is Cc1ccc2c(c1)C1(CC2)CCc2c(nc(Cl)nc2N2CCC[C@@H](CC#N)C2)C1. The summed E-state index contributed by atoms with van der Waals surface area (Å²) in [6, 6.07) is 9.29. The maximum atomic E-state index is 9.11. The summed E-state index contributed by atoms with van der Waals surface area (Å²) >= 11 is 6.42. The number of rotatable bonds is 2. The number of nitriles is 1. The van der Waals surface area contributed by atoms with Crippen LogP contribution in [0.2, 0.25) is 5.28 Å². The van der Waals surface area contributed by atoms with Crippen LogP contribution in [0.25, 0.3) is 0 Å². The number of hydrogen-bond donors (Lipinski definition) is 0. The first-order valence-corrected chi connectivity index (χ1v) is 11.2. The second-order valence-corrected chi connectivity index (χ2v) is 9.51. The Bertz CT molecular complexity index is 995. The molecule has 1 aromatic heterocycles. The fourth-order valence-corrected chi connectivity index (χ4v) is 6.01. The zero-order valence-electron chi connectivity index (χ0n) is 17.0. The molecular weight excluding hydrogens is 380 g/mol. The molecule has 0 saturated carbocycles. The van der Waals surface area contributed by atoms with Crippen LogP contribution in [0.15, 0.2) is 18.2 Å². The third kappa shape index (κ3) is 3.30. The number of nitrogens with zero attached hydrogens (tertiary/aromatic N) is 4. The highest BCUT2D eigenvalue weighted by atomic mass is 35.5. The summed E-state index contributed by atoms with van der Waals surface area (Å²) in [6.07, 6.45) is 8.36. The van der Waals surface area contributed by atoms with Crippen molar-refractivity contribution < 1.29 is 0 Å². The van der Waals surface area contributed by atoms with Crippen molar-refractivity contribution in [1.29, 1.82) is 5.26 Å². The second-order valence-electron chi connectivity index (χ2n) is 9.18. The Hall–Kier alpha value is -2.12. The number of fused-ring (bicyclic) bond motifs is 3. The van der Waals surface area contributed by atoms with Gasteiger partial charge in [-0.05, 0) is 80.5 Å². The van der Waals surface area contributed by atoms with Crippen molar-refractivity contribution in [3.63, 3.8) is 0 Å². The van der Waals surface area contributed by atoms with E-state index in [9.17, 15) is 0 Å². The van der Waals surface area contributed by atoms with Crippen LogP contribution in [-0.4, -0.2) is 23.1 Å². The van der Waals surface area contributed by atoms with E-state index in [2.05, 4.69) is 41.1 Å². The normalized spacial score (nSPS) is 25.6. The van der Waals surface area contributed by atoms with E-state index in [1.165, 1.54) is 35.1 Å². The summed E-state index contributed by atoms with van der Waals surface area (Å²) in [6.45, 7) is 4.09. The van der Waals surface area contributed by atoms with E-state index in [1.54, 1.807) is 0 Å². The van der Waals surface area contributed by atoms with Gasteiger partial charge in [0.25, 0.3) is 0 Å². The van der Waals surface area contributed by atoms with Crippen molar-refractivity contribution in [2.24, 2.45) is 5.92 Å². The maximum absolute atomic E-state index is 9.11. The van der Waals surface area contributed by atoms with E-state index < -0.39 is 0 Å². The Labute approximate surface area is 177 Å². The molecule has 2 aliphatic carbocycles. The molecule has 0 bridgehead atoms. The summed E-state index contributed by atoms with van der Waals surface area (Å²) in [4.78, 5) is 11.8. The molecule has 1 spiro atoms. The molecule has 0 radical (unpaired) electrons. The molecule has 2 aromatic rings. The molecule has 2 heterocycles. The molecule has 2 atom stereocenters. The van der Waals surface area contributed by atoms with E-state index in [0.717, 1.165) is 56.7 Å². The molecule has 29 heavy (non-hydrogen) atoms. The number of benzene rings is 1. The lowest BCUT2D eigenvalue weighted by Crippen LogP contribution is -2.38. The molecule has 150 valence electrons. The summed E-state index contributed by atoms with van der Waals surface area (Å²) in [5.74, 6) is 1.46. The maximum Gasteiger partial charge on any atom is 0.224 e. The van der Waals surface area contributed by atoms with Crippen LogP contribution in [-0.2, 0) is 24.7 Å². The summed E-state index contributed by atoms with van der Waals surface area (Å²) in [5, 5.41) is 9.48. The number of halogens is 1. The molecule has 0 amide bonds. The minimum Gasteiger partial charge on any atom is -0.356 e. The van der Waals surface area contributed by atoms with Gasteiger partial charge in [-0.2, -0.15) is 5.26 Å². The van der Waals surface area contributed by atoms with Crippen molar-refractivity contribution in [3.05, 3.63) is 51.4 Å². The van der Waals surface area contributed by atoms with Gasteiger partial charge in [0.05, 0.1) is 11.8 Å². The van der Waals surface area contributed by atoms with Gasteiger partial charge in [0.15, 0.2) is 0 Å².